The first-order valence-corrected chi connectivity index (χ1v) is 35.1. The number of aromatic nitrogens is 2. The molecule has 2 saturated carbocycles. The van der Waals surface area contributed by atoms with Gasteiger partial charge in [0.15, 0.2) is 0 Å². The first kappa shape index (κ1) is 86.9. The molecule has 542 valence electrons. The fourth-order valence-corrected chi connectivity index (χ4v) is 10.5. The Morgan fingerprint density at radius 3 is 1.15 bits per heavy atom. The number of ether oxygens (including phenoxy) is 1. The lowest BCUT2D eigenvalue weighted by Gasteiger charge is -2.30. The molecule has 6 rings (SSSR count). The van der Waals surface area contributed by atoms with Gasteiger partial charge in [0.05, 0.1) is 45.4 Å². The minimum absolute atomic E-state index is 0.00612. The highest BCUT2D eigenvalue weighted by molar-refractivity contribution is 5.83. The van der Waals surface area contributed by atoms with Crippen LogP contribution in [-0.2, 0) is 60.7 Å². The Hall–Kier alpha value is -5.16. The molecule has 21 heteroatoms. The lowest BCUT2D eigenvalue weighted by molar-refractivity contribution is -0.181. The largest absolute Gasteiger partial charge is 0.376 e. The van der Waals surface area contributed by atoms with E-state index in [4.69, 9.17) is 4.74 Å². The number of hydrogen-bond acceptors (Lipinski definition) is 13. The van der Waals surface area contributed by atoms with Crippen molar-refractivity contribution in [1.29, 1.82) is 0 Å². The number of nitrogens with zero attached hydrogens (tertiary/aromatic N) is 8. The predicted octanol–water partition coefficient (Wildman–Crippen LogP) is 15.3. The molecule has 1 atom stereocenters. The minimum Gasteiger partial charge on any atom is -0.376 e. The van der Waals surface area contributed by atoms with Crippen molar-refractivity contribution in [3.63, 3.8) is 0 Å². The van der Waals surface area contributed by atoms with Gasteiger partial charge in [0.25, 0.3) is 35.4 Å². The summed E-state index contributed by atoms with van der Waals surface area (Å²) in [5.41, 5.74) is 1.26. The topological polar surface area (TPSA) is 262 Å². The van der Waals surface area contributed by atoms with Crippen LogP contribution in [0, 0.1) is 51.2 Å². The van der Waals surface area contributed by atoms with E-state index in [0.29, 0.717) is 57.3 Å². The SMILES string of the molecule is CCC(C)(C)C(=O)N(O)CC1=CCCC1.CCC(C)(C)C(=O)N(O)CC1CCCC1.CCC(C)(C)C(=O)N(O)CC1CCCCC1.CCC(C)(C)C(=O)N(O)CC1CCCO1.CCC(C)(C)C(=O)N(O)Cc1cccn1C.CCC(C)(C)C(=O)N(O)Cc1cn(C)cc1C. The molecule has 94 heavy (non-hydrogen) atoms. The number of carbonyl (C=O) groups excluding carboxylic acids is 6. The van der Waals surface area contributed by atoms with Crippen molar-refractivity contribution in [2.75, 3.05) is 32.8 Å². The van der Waals surface area contributed by atoms with E-state index in [-0.39, 0.29) is 54.6 Å². The van der Waals surface area contributed by atoms with Gasteiger partial charge in [0.2, 0.25) is 0 Å². The van der Waals surface area contributed by atoms with Gasteiger partial charge in [-0.25, -0.2) is 30.4 Å². The normalized spacial score (nSPS) is 16.2. The minimum atomic E-state index is -0.516. The molecule has 0 bridgehead atoms. The van der Waals surface area contributed by atoms with Crippen molar-refractivity contribution in [1.82, 2.24) is 39.5 Å². The van der Waals surface area contributed by atoms with E-state index < -0.39 is 32.5 Å². The zero-order valence-electron chi connectivity index (χ0n) is 62.4. The molecule has 0 radical (unpaired) electrons. The van der Waals surface area contributed by atoms with Crippen LogP contribution in [0.1, 0.15) is 270 Å². The fraction of sp³-hybridized carbons (Fsp3) is 0.781. The number of hydroxylamine groups is 12. The zero-order valence-corrected chi connectivity index (χ0v) is 62.4. The van der Waals surface area contributed by atoms with Crippen LogP contribution in [0.25, 0.3) is 0 Å². The molecule has 1 unspecified atom stereocenters. The number of hydrogen-bond donors (Lipinski definition) is 6. The van der Waals surface area contributed by atoms with Crippen molar-refractivity contribution >= 4 is 35.4 Å². The number of amides is 6. The van der Waals surface area contributed by atoms with Crippen molar-refractivity contribution in [2.24, 2.45) is 58.4 Å². The van der Waals surface area contributed by atoms with Gasteiger partial charge in [-0.3, -0.25) is 60.0 Å². The highest BCUT2D eigenvalue weighted by Gasteiger charge is 2.36. The lowest BCUT2D eigenvalue weighted by Crippen LogP contribution is -2.42. The van der Waals surface area contributed by atoms with E-state index in [1.165, 1.54) is 37.7 Å². The zero-order chi connectivity index (χ0) is 72.2. The predicted molar refractivity (Wildman–Crippen MR) is 368 cm³/mol. The maximum atomic E-state index is 12.0. The molecule has 1 saturated heterocycles. The Bertz CT molecular complexity index is 2570. The summed E-state index contributed by atoms with van der Waals surface area (Å²) in [6.45, 7) is 38.9. The molecule has 21 nitrogen and oxygen atoms in total. The van der Waals surface area contributed by atoms with Crippen LogP contribution in [0.3, 0.4) is 0 Å². The Balaban J connectivity index is 0.000000564. The second-order valence-corrected chi connectivity index (χ2v) is 30.5. The van der Waals surface area contributed by atoms with E-state index in [1.807, 2.05) is 186 Å². The highest BCUT2D eigenvalue weighted by atomic mass is 16.5. The van der Waals surface area contributed by atoms with Gasteiger partial charge in [0.1, 0.15) is 0 Å². The quantitative estimate of drug-likeness (QED) is 0.0325. The maximum absolute atomic E-state index is 12.0. The Kier molecular flexibility index (Phi) is 37.4. The third-order valence-corrected chi connectivity index (χ3v) is 20.1. The maximum Gasteiger partial charge on any atom is 0.251 e. The van der Waals surface area contributed by atoms with E-state index in [2.05, 4.69) is 6.08 Å². The Morgan fingerprint density at radius 2 is 0.830 bits per heavy atom. The number of carbonyl (C=O) groups is 6. The summed E-state index contributed by atoms with van der Waals surface area (Å²) in [7, 11) is 3.81. The van der Waals surface area contributed by atoms with Crippen LogP contribution in [0.15, 0.2) is 42.4 Å². The summed E-state index contributed by atoms with van der Waals surface area (Å²) in [5, 5.41) is 63.7. The molecule has 0 aromatic carbocycles. The molecular formula is C73H132N8O13. The average Bonchev–Trinajstić information content (AvgIpc) is 1.57. The fourth-order valence-electron chi connectivity index (χ4n) is 10.5. The third-order valence-electron chi connectivity index (χ3n) is 20.1. The highest BCUT2D eigenvalue weighted by Crippen LogP contribution is 2.31. The molecule has 6 N–H and O–H groups in total. The molecule has 4 aliphatic rings. The summed E-state index contributed by atoms with van der Waals surface area (Å²) in [6.07, 6.45) is 28.3. The Morgan fingerprint density at radius 1 is 0.468 bits per heavy atom. The average molecular weight is 1330 g/mol. The second-order valence-electron chi connectivity index (χ2n) is 30.5. The molecule has 6 amide bonds. The van der Waals surface area contributed by atoms with Crippen LogP contribution >= 0.6 is 0 Å². The van der Waals surface area contributed by atoms with Gasteiger partial charge in [-0.2, -0.15) is 0 Å². The first-order valence-electron chi connectivity index (χ1n) is 35.1. The number of aryl methyl sites for hydroxylation is 3. The second kappa shape index (κ2) is 40.5. The molecule has 1 aliphatic heterocycles. The van der Waals surface area contributed by atoms with Crippen LogP contribution < -0.4 is 0 Å². The Labute approximate surface area is 566 Å². The van der Waals surface area contributed by atoms with Gasteiger partial charge in [-0.1, -0.05) is 168 Å². The van der Waals surface area contributed by atoms with Crippen molar-refractivity contribution < 1.29 is 64.7 Å². The van der Waals surface area contributed by atoms with Crippen LogP contribution in [0.5, 0.6) is 0 Å². The summed E-state index contributed by atoms with van der Waals surface area (Å²) in [4.78, 5) is 71.3. The molecule has 2 aromatic rings. The van der Waals surface area contributed by atoms with Crippen LogP contribution in [0.2, 0.25) is 0 Å². The monoisotopic (exact) mass is 1330 g/mol. The van der Waals surface area contributed by atoms with Gasteiger partial charge in [0, 0.05) is 77.5 Å². The first-order chi connectivity index (χ1) is 43.5. The summed E-state index contributed by atoms with van der Waals surface area (Å²) < 4.78 is 9.18. The van der Waals surface area contributed by atoms with Gasteiger partial charge in [-0.15, -0.1) is 0 Å². The van der Waals surface area contributed by atoms with Crippen molar-refractivity contribution in [3.8, 4) is 0 Å². The van der Waals surface area contributed by atoms with Crippen LogP contribution in [0.4, 0.5) is 0 Å². The number of rotatable bonds is 24. The van der Waals surface area contributed by atoms with Gasteiger partial charge >= 0.3 is 0 Å². The van der Waals surface area contributed by atoms with Crippen molar-refractivity contribution in [3.05, 3.63) is 59.2 Å². The van der Waals surface area contributed by atoms with E-state index in [9.17, 15) is 60.0 Å². The number of allylic oxidation sites excluding steroid dienone is 1. The standard InChI is InChI=1S/C13H22N2O2.C13H25NO2.C12H20N2O2.C12H23NO2.C12H21NO2.C11H21NO3/c1-6-13(3,4)12(16)15(17)9-11-8-14(5)7-10(11)2;1-4-13(2,3)12(15)14(16)10-11-8-6-5-7-9-11;1-5-12(2,3)11(15)14(16)9-10-7-6-8-13(10)4;2*1-4-12(2,3)11(14)13(15)9-10-7-5-6-8-10;1-4-11(2,3)10(13)12(14)8-9-6-5-7-15-9/h7-8,17H,6,9H2,1-5H3;11,16H,4-10H2,1-3H3;6-8,16H,5,9H2,1-4H3;10,15H,4-9H2,1-3H3;7,15H,4-6,8-9H2,1-3H3;9,14H,4-8H2,1-3H3. The molecule has 3 heterocycles. The lowest BCUT2D eigenvalue weighted by atomic mass is 9.87. The summed E-state index contributed by atoms with van der Waals surface area (Å²) in [5.74, 6) is -0.155. The van der Waals surface area contributed by atoms with Gasteiger partial charge in [-0.05, 0) is 138 Å². The van der Waals surface area contributed by atoms with E-state index in [1.54, 1.807) is 0 Å². The van der Waals surface area contributed by atoms with Crippen LogP contribution in [-0.4, -0.2) is 145 Å². The van der Waals surface area contributed by atoms with Gasteiger partial charge < -0.3 is 13.9 Å². The molecule has 0 spiro atoms. The summed E-state index contributed by atoms with van der Waals surface area (Å²) >= 11 is 0. The molecule has 3 aliphatic carbocycles. The van der Waals surface area contributed by atoms with E-state index in [0.717, 1.165) is 131 Å². The van der Waals surface area contributed by atoms with Crippen molar-refractivity contribution in [2.45, 2.75) is 279 Å². The summed E-state index contributed by atoms with van der Waals surface area (Å²) in [6, 6.07) is 3.77. The smallest absolute Gasteiger partial charge is 0.251 e. The molecule has 2 aromatic heterocycles. The third kappa shape index (κ3) is 29.3. The molecule has 3 fully saturated rings. The van der Waals surface area contributed by atoms with E-state index >= 15 is 0 Å². The molecular weight excluding hydrogens is 1200 g/mol.